The lowest BCUT2D eigenvalue weighted by Crippen LogP contribution is -2.16. The van der Waals surface area contributed by atoms with E-state index in [4.69, 9.17) is 11.6 Å². The van der Waals surface area contributed by atoms with E-state index in [2.05, 4.69) is 4.98 Å². The molecule has 0 bridgehead atoms. The molecule has 0 radical (unpaired) electrons. The highest BCUT2D eigenvalue weighted by molar-refractivity contribution is 7.91. The number of hydrogen-bond donors (Lipinski definition) is 1. The summed E-state index contributed by atoms with van der Waals surface area (Å²) in [5.74, 6) is -1.95. The quantitative estimate of drug-likeness (QED) is 0.767. The van der Waals surface area contributed by atoms with E-state index in [1.807, 2.05) is 0 Å². The number of rotatable bonds is 2. The van der Waals surface area contributed by atoms with E-state index in [0.717, 1.165) is 12.3 Å². The number of nitrogens with one attached hydrogen (secondary N) is 1. The molecule has 0 spiro atoms. The molecule has 0 unspecified atom stereocenters. The summed E-state index contributed by atoms with van der Waals surface area (Å²) in [6.45, 7) is 0. The van der Waals surface area contributed by atoms with Gasteiger partial charge in [0.25, 0.3) is 0 Å². The van der Waals surface area contributed by atoms with Crippen LogP contribution >= 0.6 is 11.6 Å². The Kier molecular flexibility index (Phi) is 3.69. The number of H-pyrrole nitrogens is 1. The minimum atomic E-state index is -4.15. The Morgan fingerprint density at radius 3 is 2.35 bits per heavy atom. The number of aromatic amines is 1. The normalized spacial score (nSPS) is 11.8. The third kappa shape index (κ3) is 2.62. The van der Waals surface area contributed by atoms with Crippen LogP contribution in [0.15, 0.2) is 57.2 Å². The van der Waals surface area contributed by atoms with Crippen LogP contribution in [0.5, 0.6) is 0 Å². The van der Waals surface area contributed by atoms with Gasteiger partial charge in [0, 0.05) is 17.3 Å². The van der Waals surface area contributed by atoms with Gasteiger partial charge in [0.2, 0.25) is 15.3 Å². The topological polar surface area (TPSA) is 67.0 Å². The molecule has 1 aromatic heterocycles. The molecule has 0 aliphatic heterocycles. The SMILES string of the molecule is O=c1c(S(=O)(=O)c2ccc(Cl)cc2)c[nH]c2c(F)cc(F)cc12. The maximum Gasteiger partial charge on any atom is 0.211 e. The van der Waals surface area contributed by atoms with Crippen molar-refractivity contribution in [1.82, 2.24) is 4.98 Å². The van der Waals surface area contributed by atoms with Gasteiger partial charge >= 0.3 is 0 Å². The van der Waals surface area contributed by atoms with Crippen molar-refractivity contribution >= 4 is 32.3 Å². The van der Waals surface area contributed by atoms with Crippen LogP contribution in [0.2, 0.25) is 5.02 Å². The summed E-state index contributed by atoms with van der Waals surface area (Å²) in [6.07, 6.45) is 0.898. The van der Waals surface area contributed by atoms with Gasteiger partial charge in [-0.2, -0.15) is 0 Å². The smallest absolute Gasteiger partial charge is 0.211 e. The molecular weight excluding hydrogens is 348 g/mol. The molecule has 0 aliphatic carbocycles. The van der Waals surface area contributed by atoms with Crippen molar-refractivity contribution in [2.45, 2.75) is 9.79 Å². The molecule has 0 saturated carbocycles. The summed E-state index contributed by atoms with van der Waals surface area (Å²) in [5.41, 5.74) is -1.24. The second-order valence-electron chi connectivity index (χ2n) is 4.75. The monoisotopic (exact) mass is 355 g/mol. The van der Waals surface area contributed by atoms with E-state index in [-0.39, 0.29) is 15.8 Å². The Bertz CT molecular complexity index is 1080. The predicted octanol–water partition coefficient (Wildman–Crippen LogP) is 3.29. The van der Waals surface area contributed by atoms with E-state index in [0.29, 0.717) is 11.1 Å². The molecule has 2 aromatic carbocycles. The standard InChI is InChI=1S/C15H8ClF2NO3S/c16-8-1-3-10(4-2-8)23(21,22)13-7-19-14-11(15(13)20)5-9(17)6-12(14)18/h1-7H,(H,19,20). The zero-order chi connectivity index (χ0) is 16.8. The highest BCUT2D eigenvalue weighted by atomic mass is 35.5. The van der Waals surface area contributed by atoms with Crippen molar-refractivity contribution in [3.05, 3.63) is 69.5 Å². The molecule has 0 atom stereocenters. The molecule has 23 heavy (non-hydrogen) atoms. The van der Waals surface area contributed by atoms with E-state index in [1.54, 1.807) is 0 Å². The van der Waals surface area contributed by atoms with Gasteiger partial charge in [-0.15, -0.1) is 0 Å². The predicted molar refractivity (Wildman–Crippen MR) is 81.4 cm³/mol. The number of halogens is 3. The van der Waals surface area contributed by atoms with Crippen LogP contribution in [0.3, 0.4) is 0 Å². The summed E-state index contributed by atoms with van der Waals surface area (Å²) >= 11 is 5.71. The first-order chi connectivity index (χ1) is 10.8. The summed E-state index contributed by atoms with van der Waals surface area (Å²) in [7, 11) is -4.15. The Labute approximate surface area is 134 Å². The Morgan fingerprint density at radius 2 is 1.70 bits per heavy atom. The second kappa shape index (κ2) is 5.43. The first-order valence-electron chi connectivity index (χ1n) is 6.32. The van der Waals surface area contributed by atoms with Crippen LogP contribution in [0.4, 0.5) is 8.78 Å². The molecule has 0 aliphatic rings. The average molecular weight is 356 g/mol. The summed E-state index contributed by atoms with van der Waals surface area (Å²) in [5, 5.41) is -0.0435. The van der Waals surface area contributed by atoms with Gasteiger partial charge in [0.05, 0.1) is 15.8 Å². The summed E-state index contributed by atoms with van der Waals surface area (Å²) in [6, 6.07) is 6.61. The fourth-order valence-corrected chi connectivity index (χ4v) is 3.62. The highest BCUT2D eigenvalue weighted by Crippen LogP contribution is 2.22. The van der Waals surface area contributed by atoms with Crippen LogP contribution in [0, 0.1) is 11.6 Å². The third-order valence-corrected chi connectivity index (χ3v) is 5.31. The fourth-order valence-electron chi connectivity index (χ4n) is 2.18. The Morgan fingerprint density at radius 1 is 1.04 bits per heavy atom. The summed E-state index contributed by atoms with van der Waals surface area (Å²) in [4.78, 5) is 14.0. The lowest BCUT2D eigenvalue weighted by atomic mass is 10.2. The lowest BCUT2D eigenvalue weighted by Gasteiger charge is -2.06. The average Bonchev–Trinajstić information content (AvgIpc) is 2.48. The minimum Gasteiger partial charge on any atom is -0.357 e. The fraction of sp³-hybridized carbons (Fsp3) is 0. The maximum absolute atomic E-state index is 13.6. The molecule has 3 aromatic rings. The Balaban J connectivity index is 2.30. The molecule has 0 saturated heterocycles. The number of benzene rings is 2. The van der Waals surface area contributed by atoms with E-state index in [1.165, 1.54) is 24.3 Å². The first-order valence-corrected chi connectivity index (χ1v) is 8.18. The number of sulfone groups is 1. The van der Waals surface area contributed by atoms with Gasteiger partial charge in [0.15, 0.2) is 0 Å². The van der Waals surface area contributed by atoms with E-state index < -0.39 is 31.8 Å². The van der Waals surface area contributed by atoms with E-state index in [9.17, 15) is 22.0 Å². The lowest BCUT2D eigenvalue weighted by molar-refractivity contribution is 0.587. The number of hydrogen-bond acceptors (Lipinski definition) is 3. The Hall–Kier alpha value is -2.25. The zero-order valence-electron chi connectivity index (χ0n) is 11.3. The van der Waals surface area contributed by atoms with Crippen molar-refractivity contribution in [3.8, 4) is 0 Å². The molecule has 3 rings (SSSR count). The van der Waals surface area contributed by atoms with Gasteiger partial charge in [-0.1, -0.05) is 11.6 Å². The van der Waals surface area contributed by atoms with Gasteiger partial charge < -0.3 is 4.98 Å². The number of pyridine rings is 1. The van der Waals surface area contributed by atoms with Crippen molar-refractivity contribution in [2.24, 2.45) is 0 Å². The minimum absolute atomic E-state index is 0.149. The molecule has 0 amide bonds. The first kappa shape index (κ1) is 15.6. The van der Waals surface area contributed by atoms with Crippen LogP contribution in [-0.4, -0.2) is 13.4 Å². The van der Waals surface area contributed by atoms with Crippen LogP contribution in [0.25, 0.3) is 10.9 Å². The molecular formula is C15H8ClF2NO3S. The summed E-state index contributed by atoms with van der Waals surface area (Å²) < 4.78 is 52.0. The van der Waals surface area contributed by atoms with Gasteiger partial charge in [-0.25, -0.2) is 17.2 Å². The van der Waals surface area contributed by atoms with Gasteiger partial charge in [-0.3, -0.25) is 4.79 Å². The highest BCUT2D eigenvalue weighted by Gasteiger charge is 2.23. The second-order valence-corrected chi connectivity index (χ2v) is 7.10. The molecule has 0 fully saturated rings. The number of fused-ring (bicyclic) bond motifs is 1. The maximum atomic E-state index is 13.6. The largest absolute Gasteiger partial charge is 0.357 e. The molecule has 1 N–H and O–H groups in total. The zero-order valence-corrected chi connectivity index (χ0v) is 12.9. The van der Waals surface area contributed by atoms with Gasteiger partial charge in [-0.05, 0) is 30.3 Å². The van der Waals surface area contributed by atoms with Crippen LogP contribution in [0.1, 0.15) is 0 Å². The molecule has 8 heteroatoms. The van der Waals surface area contributed by atoms with Crippen molar-refractivity contribution < 1.29 is 17.2 Å². The number of aromatic nitrogens is 1. The third-order valence-electron chi connectivity index (χ3n) is 3.28. The van der Waals surface area contributed by atoms with Crippen molar-refractivity contribution in [2.75, 3.05) is 0 Å². The van der Waals surface area contributed by atoms with E-state index >= 15 is 0 Å². The van der Waals surface area contributed by atoms with Crippen molar-refractivity contribution in [1.29, 1.82) is 0 Å². The molecule has 4 nitrogen and oxygen atoms in total. The van der Waals surface area contributed by atoms with Crippen molar-refractivity contribution in [3.63, 3.8) is 0 Å². The molecule has 118 valence electrons. The molecule has 1 heterocycles. The van der Waals surface area contributed by atoms with Gasteiger partial charge in [0.1, 0.15) is 16.5 Å². The van der Waals surface area contributed by atoms with Crippen LogP contribution in [-0.2, 0) is 9.84 Å². The van der Waals surface area contributed by atoms with Crippen LogP contribution < -0.4 is 5.43 Å².